The van der Waals surface area contributed by atoms with Crippen LogP contribution in [0.2, 0.25) is 0 Å². The van der Waals surface area contributed by atoms with Crippen LogP contribution in [0.4, 0.5) is 0 Å². The first kappa shape index (κ1) is 20.4. The monoisotopic (exact) mass is 366 g/mol. The Balaban J connectivity index is 2.13. The minimum atomic E-state index is -3.23. The summed E-state index contributed by atoms with van der Waals surface area (Å²) in [5.41, 5.74) is 2.51. The number of nitrogens with one attached hydrogen (secondary N) is 1. The van der Waals surface area contributed by atoms with E-state index in [-0.39, 0.29) is 17.2 Å². The van der Waals surface area contributed by atoms with Crippen molar-refractivity contribution in [2.45, 2.75) is 59.4 Å². The molecule has 25 heavy (non-hydrogen) atoms. The van der Waals surface area contributed by atoms with Crippen molar-refractivity contribution in [3.05, 3.63) is 35.4 Å². The van der Waals surface area contributed by atoms with Gasteiger partial charge < -0.3 is 5.32 Å². The van der Waals surface area contributed by atoms with E-state index in [1.165, 1.54) is 11.1 Å². The third-order valence-electron chi connectivity index (χ3n) is 5.05. The molecule has 4 nitrogen and oxygen atoms in total. The highest BCUT2D eigenvalue weighted by Crippen LogP contribution is 2.24. The number of hydrogen-bond acceptors (Lipinski definition) is 3. The van der Waals surface area contributed by atoms with Crippen molar-refractivity contribution in [1.82, 2.24) is 9.62 Å². The van der Waals surface area contributed by atoms with E-state index in [9.17, 15) is 8.42 Å². The highest BCUT2D eigenvalue weighted by Gasteiger charge is 2.31. The van der Waals surface area contributed by atoms with Crippen molar-refractivity contribution in [2.75, 3.05) is 25.4 Å². The Kier molecular flexibility index (Phi) is 7.06. The second-order valence-electron chi connectivity index (χ2n) is 8.40. The molecule has 0 unspecified atom stereocenters. The Morgan fingerprint density at radius 3 is 2.40 bits per heavy atom. The molecule has 1 aromatic rings. The fraction of sp³-hybridized carbons (Fsp3) is 0.700. The molecule has 0 radical (unpaired) electrons. The van der Waals surface area contributed by atoms with Gasteiger partial charge in [0.25, 0.3) is 0 Å². The van der Waals surface area contributed by atoms with Gasteiger partial charge in [0, 0.05) is 12.6 Å². The Bertz CT molecular complexity index is 644. The van der Waals surface area contributed by atoms with Crippen molar-refractivity contribution in [3.8, 4) is 0 Å². The fourth-order valence-corrected chi connectivity index (χ4v) is 5.46. The minimum absolute atomic E-state index is 0.0306. The molecule has 1 N–H and O–H groups in total. The van der Waals surface area contributed by atoms with Gasteiger partial charge in [0.2, 0.25) is 10.0 Å². The summed E-state index contributed by atoms with van der Waals surface area (Å²) in [5.74, 6) is 0.244. The molecule has 0 aliphatic carbocycles. The predicted molar refractivity (Wildman–Crippen MR) is 105 cm³/mol. The zero-order valence-electron chi connectivity index (χ0n) is 16.2. The van der Waals surface area contributed by atoms with Gasteiger partial charge >= 0.3 is 0 Å². The van der Waals surface area contributed by atoms with E-state index >= 15 is 0 Å². The van der Waals surface area contributed by atoms with E-state index in [2.05, 4.69) is 45.1 Å². The highest BCUT2D eigenvalue weighted by atomic mass is 32.2. The van der Waals surface area contributed by atoms with E-state index in [4.69, 9.17) is 0 Å². The van der Waals surface area contributed by atoms with Crippen molar-refractivity contribution < 1.29 is 8.42 Å². The molecule has 2 rings (SSSR count). The van der Waals surface area contributed by atoms with Crippen LogP contribution < -0.4 is 5.32 Å². The maximum absolute atomic E-state index is 13.1. The molecular weight excluding hydrogens is 332 g/mol. The number of benzene rings is 1. The summed E-state index contributed by atoms with van der Waals surface area (Å²) in [4.78, 5) is 0. The van der Waals surface area contributed by atoms with Gasteiger partial charge in [0.15, 0.2) is 0 Å². The maximum atomic E-state index is 13.1. The zero-order chi connectivity index (χ0) is 18.5. The lowest BCUT2D eigenvalue weighted by molar-refractivity contribution is 0.262. The first-order valence-electron chi connectivity index (χ1n) is 9.44. The maximum Gasteiger partial charge on any atom is 0.214 e. The molecule has 142 valence electrons. The van der Waals surface area contributed by atoms with Crippen LogP contribution in [0.5, 0.6) is 0 Å². The molecule has 0 spiro atoms. The molecule has 1 aliphatic rings. The quantitative estimate of drug-likeness (QED) is 0.805. The second-order valence-corrected chi connectivity index (χ2v) is 10.4. The first-order chi connectivity index (χ1) is 11.7. The smallest absolute Gasteiger partial charge is 0.214 e. The van der Waals surface area contributed by atoms with Crippen LogP contribution in [-0.4, -0.2) is 44.2 Å². The summed E-state index contributed by atoms with van der Waals surface area (Å²) in [6.07, 6.45) is 3.29. The summed E-state index contributed by atoms with van der Waals surface area (Å²) < 4.78 is 28.0. The highest BCUT2D eigenvalue weighted by molar-refractivity contribution is 7.89. The normalized spacial score (nSPS) is 17.2. The van der Waals surface area contributed by atoms with E-state index in [1.54, 1.807) is 0 Å². The molecule has 5 heteroatoms. The van der Waals surface area contributed by atoms with Gasteiger partial charge in [-0.2, -0.15) is 4.31 Å². The van der Waals surface area contributed by atoms with Crippen LogP contribution in [0.15, 0.2) is 24.3 Å². The number of hydrogen-bond donors (Lipinski definition) is 1. The van der Waals surface area contributed by atoms with Gasteiger partial charge in [-0.05, 0) is 62.2 Å². The topological polar surface area (TPSA) is 49.4 Å². The van der Waals surface area contributed by atoms with Crippen LogP contribution >= 0.6 is 0 Å². The number of piperidine rings is 1. The molecule has 0 saturated carbocycles. The number of nitrogens with zero attached hydrogens (tertiary/aromatic N) is 1. The van der Waals surface area contributed by atoms with E-state index in [0.717, 1.165) is 32.4 Å². The van der Waals surface area contributed by atoms with E-state index < -0.39 is 10.0 Å². The summed E-state index contributed by atoms with van der Waals surface area (Å²) in [7, 11) is -3.23. The molecule has 1 saturated heterocycles. The van der Waals surface area contributed by atoms with Crippen LogP contribution in [-0.2, 0) is 16.4 Å². The van der Waals surface area contributed by atoms with Crippen LogP contribution in [0, 0.1) is 12.3 Å². The zero-order valence-corrected chi connectivity index (χ0v) is 17.0. The lowest BCUT2D eigenvalue weighted by atomic mass is 9.94. The van der Waals surface area contributed by atoms with E-state index in [0.29, 0.717) is 13.0 Å². The second kappa shape index (κ2) is 8.65. The average molecular weight is 367 g/mol. The van der Waals surface area contributed by atoms with Gasteiger partial charge in [-0.15, -0.1) is 0 Å². The van der Waals surface area contributed by atoms with Crippen LogP contribution in [0.3, 0.4) is 0 Å². The van der Waals surface area contributed by atoms with Crippen LogP contribution in [0.25, 0.3) is 0 Å². The summed E-state index contributed by atoms with van der Waals surface area (Å²) in [6.45, 7) is 10.8. The van der Waals surface area contributed by atoms with Gasteiger partial charge in [0.05, 0.1) is 5.75 Å². The molecule has 1 heterocycles. The molecule has 1 fully saturated rings. The molecule has 0 aromatic heterocycles. The van der Waals surface area contributed by atoms with Gasteiger partial charge in [0.1, 0.15) is 0 Å². The van der Waals surface area contributed by atoms with Crippen molar-refractivity contribution >= 4 is 10.0 Å². The number of rotatable bonds is 7. The standard InChI is InChI=1S/C20H34N2O2S/c1-17-7-5-6-8-18(17)11-15-22(19-9-13-21-14-10-19)25(23,24)16-12-20(2,3)4/h5-8,19,21H,9-16H2,1-4H3. The Morgan fingerprint density at radius 2 is 1.80 bits per heavy atom. The SMILES string of the molecule is Cc1ccccc1CCN(C1CCNCC1)S(=O)(=O)CCC(C)(C)C. The van der Waals surface area contributed by atoms with Gasteiger partial charge in [-0.1, -0.05) is 45.0 Å². The number of sulfonamides is 1. The lowest BCUT2D eigenvalue weighted by Gasteiger charge is -2.34. The van der Waals surface area contributed by atoms with Gasteiger partial charge in [-0.25, -0.2) is 8.42 Å². The fourth-order valence-electron chi connectivity index (χ4n) is 3.32. The molecule has 0 atom stereocenters. The first-order valence-corrected chi connectivity index (χ1v) is 11.0. The molecule has 0 bridgehead atoms. The molecule has 1 aliphatic heterocycles. The third kappa shape index (κ3) is 6.39. The lowest BCUT2D eigenvalue weighted by Crippen LogP contribution is -2.48. The largest absolute Gasteiger partial charge is 0.317 e. The van der Waals surface area contributed by atoms with Gasteiger partial charge in [-0.3, -0.25) is 0 Å². The van der Waals surface area contributed by atoms with Crippen molar-refractivity contribution in [3.63, 3.8) is 0 Å². The average Bonchev–Trinajstić information content (AvgIpc) is 2.55. The number of aryl methyl sites for hydroxylation is 1. The molecular formula is C20H34N2O2S. The summed E-state index contributed by atoms with van der Waals surface area (Å²) in [6, 6.07) is 8.40. The Morgan fingerprint density at radius 1 is 1.16 bits per heavy atom. The minimum Gasteiger partial charge on any atom is -0.317 e. The van der Waals surface area contributed by atoms with Crippen molar-refractivity contribution in [1.29, 1.82) is 0 Å². The molecule has 1 aromatic carbocycles. The Labute approximate surface area is 154 Å². The predicted octanol–water partition coefficient (Wildman–Crippen LogP) is 3.36. The summed E-state index contributed by atoms with van der Waals surface area (Å²) in [5, 5.41) is 3.34. The van der Waals surface area contributed by atoms with E-state index in [1.807, 2.05) is 16.4 Å². The van der Waals surface area contributed by atoms with Crippen molar-refractivity contribution in [2.24, 2.45) is 5.41 Å². The summed E-state index contributed by atoms with van der Waals surface area (Å²) >= 11 is 0. The third-order valence-corrected chi connectivity index (χ3v) is 6.96. The molecule has 0 amide bonds. The van der Waals surface area contributed by atoms with Crippen LogP contribution in [0.1, 0.15) is 51.2 Å². The Hall–Kier alpha value is -0.910.